The normalized spacial score (nSPS) is 11.0. The Morgan fingerprint density at radius 3 is 2.60 bits per heavy atom. The van der Waals surface area contributed by atoms with Gasteiger partial charge in [0.15, 0.2) is 0 Å². The van der Waals surface area contributed by atoms with Crippen LogP contribution in [0.5, 0.6) is 0 Å². The lowest BCUT2D eigenvalue weighted by Crippen LogP contribution is -1.87. The van der Waals surface area contributed by atoms with Gasteiger partial charge in [0, 0.05) is 13.7 Å². The molecule has 1 nitrogen and oxygen atoms in total. The van der Waals surface area contributed by atoms with Crippen molar-refractivity contribution in [1.29, 1.82) is 0 Å². The molecule has 1 radical (unpaired) electrons. The first-order valence-electron chi connectivity index (χ1n) is 3.87. The molecule has 0 aromatic carbocycles. The first kappa shape index (κ1) is 9.70. The Kier molecular flexibility index (Phi) is 8.44. The molecule has 0 aliphatic heterocycles. The van der Waals surface area contributed by atoms with E-state index in [1.165, 1.54) is 0 Å². The first-order valence-corrected chi connectivity index (χ1v) is 3.87. The van der Waals surface area contributed by atoms with Crippen molar-refractivity contribution >= 4 is 0 Å². The number of hydrogen-bond donors (Lipinski definition) is 0. The molecule has 0 atom stereocenters. The highest BCUT2D eigenvalue weighted by atomic mass is 16.5. The molecular weight excluding hydrogens is 124 g/mol. The summed E-state index contributed by atoms with van der Waals surface area (Å²) in [7, 11) is 1.72. The highest BCUT2D eigenvalue weighted by molar-refractivity contribution is 4.82. The summed E-state index contributed by atoms with van der Waals surface area (Å²) >= 11 is 0. The minimum atomic E-state index is 0.778. The summed E-state index contributed by atoms with van der Waals surface area (Å²) in [6.07, 6.45) is 9.98. The van der Waals surface area contributed by atoms with E-state index < -0.39 is 0 Å². The van der Waals surface area contributed by atoms with Gasteiger partial charge in [0.2, 0.25) is 0 Å². The maximum atomic E-state index is 4.87. The maximum Gasteiger partial charge on any atom is 0.0494 e. The van der Waals surface area contributed by atoms with Crippen molar-refractivity contribution in [3.8, 4) is 0 Å². The van der Waals surface area contributed by atoms with Crippen LogP contribution < -0.4 is 0 Å². The van der Waals surface area contributed by atoms with Gasteiger partial charge in [-0.1, -0.05) is 19.1 Å². The smallest absolute Gasteiger partial charge is 0.0494 e. The Labute approximate surface area is 64.1 Å². The second-order valence-corrected chi connectivity index (χ2v) is 2.20. The summed E-state index contributed by atoms with van der Waals surface area (Å²) in [5, 5.41) is 0. The highest BCUT2D eigenvalue weighted by Crippen LogP contribution is 1.95. The van der Waals surface area contributed by atoms with Crippen LogP contribution in [0.2, 0.25) is 0 Å². The number of ether oxygens (including phenoxy) is 1. The Balaban J connectivity index is 2.83. The summed E-state index contributed by atoms with van der Waals surface area (Å²) < 4.78 is 4.87. The van der Waals surface area contributed by atoms with Gasteiger partial charge >= 0.3 is 0 Å². The molecule has 0 fully saturated rings. The second kappa shape index (κ2) is 8.70. The van der Waals surface area contributed by atoms with E-state index in [0.717, 1.165) is 25.9 Å². The molecule has 0 aromatic rings. The van der Waals surface area contributed by atoms with Crippen LogP contribution in [0.4, 0.5) is 0 Å². The van der Waals surface area contributed by atoms with Crippen molar-refractivity contribution in [2.24, 2.45) is 0 Å². The van der Waals surface area contributed by atoms with E-state index in [1.807, 2.05) is 0 Å². The fourth-order valence-corrected chi connectivity index (χ4v) is 0.700. The van der Waals surface area contributed by atoms with Gasteiger partial charge in [-0.15, -0.1) is 0 Å². The van der Waals surface area contributed by atoms with Crippen LogP contribution in [0.1, 0.15) is 26.2 Å². The lowest BCUT2D eigenvalue weighted by atomic mass is 10.2. The van der Waals surface area contributed by atoms with E-state index >= 15 is 0 Å². The maximum absolute atomic E-state index is 4.87. The van der Waals surface area contributed by atoms with Crippen LogP contribution in [-0.2, 0) is 4.74 Å². The number of hydrogen-bond acceptors (Lipinski definition) is 1. The lowest BCUT2D eigenvalue weighted by molar-refractivity contribution is 0.220. The Hall–Kier alpha value is -0.300. The largest absolute Gasteiger partial charge is 0.384 e. The summed E-state index contributed by atoms with van der Waals surface area (Å²) in [5.41, 5.74) is 0. The summed E-state index contributed by atoms with van der Waals surface area (Å²) in [6.45, 7) is 2.93. The molecule has 10 heavy (non-hydrogen) atoms. The van der Waals surface area contributed by atoms with Crippen LogP contribution in [0.3, 0.4) is 0 Å². The van der Waals surface area contributed by atoms with E-state index in [4.69, 9.17) is 4.74 Å². The molecule has 0 heterocycles. The van der Waals surface area contributed by atoms with E-state index in [0.29, 0.717) is 0 Å². The Morgan fingerprint density at radius 1 is 1.20 bits per heavy atom. The number of rotatable bonds is 6. The van der Waals surface area contributed by atoms with Gasteiger partial charge in [-0.05, 0) is 25.7 Å². The minimum Gasteiger partial charge on any atom is -0.384 e. The number of unbranched alkanes of at least 4 members (excludes halogenated alkanes) is 2. The molecule has 0 unspecified atom stereocenters. The molecule has 0 bridgehead atoms. The zero-order valence-electron chi connectivity index (χ0n) is 6.97. The molecule has 1 heteroatoms. The Bertz CT molecular complexity index is 76.8. The van der Waals surface area contributed by atoms with Crippen LogP contribution in [0.15, 0.2) is 12.2 Å². The molecule has 0 saturated heterocycles. The predicted octanol–water partition coefficient (Wildman–Crippen LogP) is 2.58. The third-order valence-corrected chi connectivity index (χ3v) is 1.22. The average Bonchev–Trinajstić information content (AvgIpc) is 1.97. The van der Waals surface area contributed by atoms with E-state index in [9.17, 15) is 0 Å². The van der Waals surface area contributed by atoms with Gasteiger partial charge in [0.25, 0.3) is 0 Å². The third-order valence-electron chi connectivity index (χ3n) is 1.22. The summed E-state index contributed by atoms with van der Waals surface area (Å²) in [6, 6.07) is 0. The van der Waals surface area contributed by atoms with Gasteiger partial charge < -0.3 is 4.74 Å². The molecule has 0 spiro atoms. The summed E-state index contributed by atoms with van der Waals surface area (Å²) in [5.74, 6) is 0. The molecular formula is C9H17O. The van der Waals surface area contributed by atoms with Crippen LogP contribution in [-0.4, -0.2) is 13.7 Å². The lowest BCUT2D eigenvalue weighted by Gasteiger charge is -1.94. The fourth-order valence-electron chi connectivity index (χ4n) is 0.700. The predicted molar refractivity (Wildman–Crippen MR) is 44.8 cm³/mol. The molecule has 0 aliphatic rings. The molecule has 0 aromatic heterocycles. The first-order chi connectivity index (χ1) is 4.91. The molecule has 0 rings (SSSR count). The minimum absolute atomic E-state index is 0.778. The van der Waals surface area contributed by atoms with Crippen molar-refractivity contribution in [2.75, 3.05) is 13.7 Å². The van der Waals surface area contributed by atoms with Crippen molar-refractivity contribution in [1.82, 2.24) is 0 Å². The third kappa shape index (κ3) is 7.70. The molecule has 59 valence electrons. The van der Waals surface area contributed by atoms with Gasteiger partial charge in [0.05, 0.1) is 0 Å². The van der Waals surface area contributed by atoms with E-state index in [-0.39, 0.29) is 0 Å². The van der Waals surface area contributed by atoms with Crippen molar-refractivity contribution in [3.63, 3.8) is 0 Å². The van der Waals surface area contributed by atoms with Crippen molar-refractivity contribution < 1.29 is 4.74 Å². The zero-order chi connectivity index (χ0) is 7.66. The number of methoxy groups -OCH3 is 1. The SMILES string of the molecule is CCC=CCC[CH]COC. The van der Waals surface area contributed by atoms with Gasteiger partial charge in [-0.3, -0.25) is 0 Å². The highest BCUT2D eigenvalue weighted by Gasteiger charge is 1.83. The zero-order valence-corrected chi connectivity index (χ0v) is 6.97. The van der Waals surface area contributed by atoms with Gasteiger partial charge in [-0.25, -0.2) is 0 Å². The van der Waals surface area contributed by atoms with Crippen molar-refractivity contribution in [2.45, 2.75) is 26.2 Å². The topological polar surface area (TPSA) is 9.23 Å². The molecule has 0 N–H and O–H groups in total. The summed E-state index contributed by atoms with van der Waals surface area (Å²) in [4.78, 5) is 0. The van der Waals surface area contributed by atoms with E-state index in [2.05, 4.69) is 25.5 Å². The average molecular weight is 141 g/mol. The van der Waals surface area contributed by atoms with Crippen molar-refractivity contribution in [3.05, 3.63) is 18.6 Å². The molecule has 0 saturated carbocycles. The molecule has 0 amide bonds. The Morgan fingerprint density at radius 2 is 2.00 bits per heavy atom. The van der Waals surface area contributed by atoms with Crippen LogP contribution in [0.25, 0.3) is 0 Å². The monoisotopic (exact) mass is 141 g/mol. The quantitative estimate of drug-likeness (QED) is 0.408. The standard InChI is InChI=1S/C9H17O/c1-3-4-5-6-7-8-9-10-2/h4-5,8H,3,6-7,9H2,1-2H3. The van der Waals surface area contributed by atoms with Crippen LogP contribution in [0, 0.1) is 6.42 Å². The van der Waals surface area contributed by atoms with Gasteiger partial charge in [-0.2, -0.15) is 0 Å². The van der Waals surface area contributed by atoms with Gasteiger partial charge in [0.1, 0.15) is 0 Å². The second-order valence-electron chi connectivity index (χ2n) is 2.20. The van der Waals surface area contributed by atoms with Crippen LogP contribution >= 0.6 is 0 Å². The van der Waals surface area contributed by atoms with E-state index in [1.54, 1.807) is 7.11 Å². The number of allylic oxidation sites excluding steroid dienone is 2. The fraction of sp³-hybridized carbons (Fsp3) is 0.667. The molecule has 0 aliphatic carbocycles.